The van der Waals surface area contributed by atoms with Crippen molar-refractivity contribution < 1.29 is 0 Å². The summed E-state index contributed by atoms with van der Waals surface area (Å²) in [4.78, 5) is 0. The molecule has 2 rings (SSSR count). The molecule has 2 saturated carbocycles. The van der Waals surface area contributed by atoms with Crippen LogP contribution in [0, 0.1) is 23.7 Å². The number of allylic oxidation sites excluding steroid dienone is 3. The lowest BCUT2D eigenvalue weighted by molar-refractivity contribution is 0.249. The van der Waals surface area contributed by atoms with E-state index in [2.05, 4.69) is 31.7 Å². The van der Waals surface area contributed by atoms with Crippen LogP contribution in [0.1, 0.15) is 116 Å². The third-order valence-electron chi connectivity index (χ3n) is 7.23. The van der Waals surface area contributed by atoms with Gasteiger partial charge >= 0.3 is 0 Å². The summed E-state index contributed by atoms with van der Waals surface area (Å²) in [6.45, 7) is 6.26. The summed E-state index contributed by atoms with van der Waals surface area (Å²) in [5.41, 5.74) is 0. The Hall–Kier alpha value is -0.520. The average Bonchev–Trinajstić information content (AvgIpc) is 2.69. The topological polar surface area (TPSA) is 0 Å². The molecule has 2 aliphatic carbocycles. The Kier molecular flexibility index (Phi) is 11.4. The fraction of sp³-hybridized carbons (Fsp3) is 0.846. The summed E-state index contributed by atoms with van der Waals surface area (Å²) in [5.74, 6) is 3.75. The van der Waals surface area contributed by atoms with E-state index in [9.17, 15) is 0 Å². The van der Waals surface area contributed by atoms with Gasteiger partial charge in [-0.05, 0) is 62.2 Å². The number of hydrogen-bond donors (Lipinski definition) is 0. The van der Waals surface area contributed by atoms with Gasteiger partial charge in [0, 0.05) is 0 Å². The maximum absolute atomic E-state index is 3.96. The Morgan fingerprint density at radius 2 is 1.27 bits per heavy atom. The quantitative estimate of drug-likeness (QED) is 0.241. The van der Waals surface area contributed by atoms with Crippen LogP contribution in [0.2, 0.25) is 0 Å². The molecule has 0 saturated heterocycles. The van der Waals surface area contributed by atoms with Gasteiger partial charge in [-0.15, -0.1) is 6.58 Å². The second kappa shape index (κ2) is 13.6. The van der Waals surface area contributed by atoms with Crippen LogP contribution in [0.5, 0.6) is 0 Å². The molecule has 0 heterocycles. The molecule has 0 nitrogen and oxygen atoms in total. The molecule has 0 aromatic carbocycles. The molecule has 0 amide bonds. The third kappa shape index (κ3) is 8.92. The van der Waals surface area contributed by atoms with Crippen molar-refractivity contribution in [3.8, 4) is 0 Å². The first-order chi connectivity index (χ1) is 12.8. The monoisotopic (exact) mass is 358 g/mol. The summed E-state index contributed by atoms with van der Waals surface area (Å²) in [5, 5.41) is 0. The lowest BCUT2D eigenvalue weighted by Crippen LogP contribution is -2.14. The van der Waals surface area contributed by atoms with Crippen LogP contribution in [-0.4, -0.2) is 0 Å². The van der Waals surface area contributed by atoms with Crippen molar-refractivity contribution in [1.82, 2.24) is 0 Å². The minimum atomic E-state index is 0.797. The van der Waals surface area contributed by atoms with Gasteiger partial charge in [-0.3, -0.25) is 0 Å². The fourth-order valence-electron chi connectivity index (χ4n) is 5.22. The highest BCUT2D eigenvalue weighted by molar-refractivity contribution is 4.94. The van der Waals surface area contributed by atoms with E-state index >= 15 is 0 Å². The van der Waals surface area contributed by atoms with E-state index in [0.29, 0.717) is 0 Å². The molecular formula is C26H46. The molecule has 26 heavy (non-hydrogen) atoms. The van der Waals surface area contributed by atoms with E-state index in [-0.39, 0.29) is 0 Å². The van der Waals surface area contributed by atoms with Crippen LogP contribution in [0.25, 0.3) is 0 Å². The van der Waals surface area contributed by atoms with Crippen molar-refractivity contribution in [3.63, 3.8) is 0 Å². The summed E-state index contributed by atoms with van der Waals surface area (Å²) in [6.07, 6.45) is 31.8. The summed E-state index contributed by atoms with van der Waals surface area (Å²) < 4.78 is 0. The highest BCUT2D eigenvalue weighted by Gasteiger charge is 2.20. The van der Waals surface area contributed by atoms with Crippen LogP contribution in [0.4, 0.5) is 0 Å². The lowest BCUT2D eigenvalue weighted by atomic mass is 9.78. The van der Waals surface area contributed by atoms with Crippen molar-refractivity contribution in [3.05, 3.63) is 24.8 Å². The molecule has 150 valence electrons. The van der Waals surface area contributed by atoms with Gasteiger partial charge in [-0.25, -0.2) is 0 Å². The van der Waals surface area contributed by atoms with Crippen LogP contribution in [-0.2, 0) is 0 Å². The SMILES string of the molecule is C=CC1CCC(/C=C/CCC2CCC(CCCCCCCC)CC2)CC1. The Morgan fingerprint density at radius 3 is 1.92 bits per heavy atom. The van der Waals surface area contributed by atoms with Crippen molar-refractivity contribution in [1.29, 1.82) is 0 Å². The predicted octanol–water partition coefficient (Wildman–Crippen LogP) is 8.87. The second-order valence-electron chi connectivity index (χ2n) is 9.36. The van der Waals surface area contributed by atoms with E-state index in [1.807, 2.05) is 0 Å². The van der Waals surface area contributed by atoms with Crippen molar-refractivity contribution >= 4 is 0 Å². The van der Waals surface area contributed by atoms with Gasteiger partial charge in [-0.2, -0.15) is 0 Å². The molecule has 0 spiro atoms. The first-order valence-electron chi connectivity index (χ1n) is 12.1. The molecular weight excluding hydrogens is 312 g/mol. The second-order valence-corrected chi connectivity index (χ2v) is 9.36. The van der Waals surface area contributed by atoms with Crippen molar-refractivity contribution in [2.75, 3.05) is 0 Å². The van der Waals surface area contributed by atoms with E-state index < -0.39 is 0 Å². The van der Waals surface area contributed by atoms with E-state index in [4.69, 9.17) is 0 Å². The number of rotatable bonds is 12. The first kappa shape index (κ1) is 21.8. The zero-order valence-electron chi connectivity index (χ0n) is 17.8. The molecule has 0 aromatic rings. The largest absolute Gasteiger partial charge is 0.103 e. The van der Waals surface area contributed by atoms with E-state index in [1.165, 1.54) is 109 Å². The minimum absolute atomic E-state index is 0.797. The minimum Gasteiger partial charge on any atom is -0.103 e. The van der Waals surface area contributed by atoms with Gasteiger partial charge in [0.15, 0.2) is 0 Å². The van der Waals surface area contributed by atoms with E-state index in [1.54, 1.807) is 0 Å². The van der Waals surface area contributed by atoms with Crippen molar-refractivity contribution in [2.45, 2.75) is 116 Å². The van der Waals surface area contributed by atoms with Gasteiger partial charge in [-0.1, -0.05) is 95.8 Å². The lowest BCUT2D eigenvalue weighted by Gasteiger charge is -2.28. The van der Waals surface area contributed by atoms with Gasteiger partial charge < -0.3 is 0 Å². The molecule has 0 N–H and O–H groups in total. The first-order valence-corrected chi connectivity index (χ1v) is 12.1. The average molecular weight is 359 g/mol. The molecule has 0 aliphatic heterocycles. The molecule has 2 fully saturated rings. The summed E-state index contributed by atoms with van der Waals surface area (Å²) in [7, 11) is 0. The summed E-state index contributed by atoms with van der Waals surface area (Å²) in [6, 6.07) is 0. The highest BCUT2D eigenvalue weighted by Crippen LogP contribution is 2.35. The van der Waals surface area contributed by atoms with Crippen LogP contribution < -0.4 is 0 Å². The van der Waals surface area contributed by atoms with Gasteiger partial charge in [0.1, 0.15) is 0 Å². The molecule has 0 radical (unpaired) electrons. The highest BCUT2D eigenvalue weighted by atomic mass is 14.3. The van der Waals surface area contributed by atoms with Crippen molar-refractivity contribution in [2.24, 2.45) is 23.7 Å². The molecule has 0 heteroatoms. The summed E-state index contributed by atoms with van der Waals surface area (Å²) >= 11 is 0. The number of unbranched alkanes of at least 4 members (excludes halogenated alkanes) is 5. The van der Waals surface area contributed by atoms with Gasteiger partial charge in [0.25, 0.3) is 0 Å². The van der Waals surface area contributed by atoms with Gasteiger partial charge in [0.05, 0.1) is 0 Å². The number of hydrogen-bond acceptors (Lipinski definition) is 0. The molecule has 0 bridgehead atoms. The predicted molar refractivity (Wildman–Crippen MR) is 117 cm³/mol. The zero-order chi connectivity index (χ0) is 18.5. The molecule has 0 aromatic heterocycles. The Balaban J connectivity index is 1.46. The maximum atomic E-state index is 3.96. The normalized spacial score (nSPS) is 29.9. The smallest absolute Gasteiger partial charge is 0.0233 e. The van der Waals surface area contributed by atoms with Crippen LogP contribution in [0.3, 0.4) is 0 Å². The van der Waals surface area contributed by atoms with E-state index in [0.717, 1.165) is 23.7 Å². The Bertz CT molecular complexity index is 363. The third-order valence-corrected chi connectivity index (χ3v) is 7.23. The molecule has 0 unspecified atom stereocenters. The fourth-order valence-corrected chi connectivity index (χ4v) is 5.22. The maximum Gasteiger partial charge on any atom is -0.0233 e. The Labute approximate surface area is 164 Å². The molecule has 0 atom stereocenters. The van der Waals surface area contributed by atoms with Crippen LogP contribution >= 0.6 is 0 Å². The Morgan fingerprint density at radius 1 is 0.692 bits per heavy atom. The zero-order valence-corrected chi connectivity index (χ0v) is 17.8. The van der Waals surface area contributed by atoms with Crippen LogP contribution in [0.15, 0.2) is 24.8 Å². The standard InChI is InChI=1S/C26H46/c1-3-5-6-7-8-9-12-24-19-21-26(22-20-24)14-11-10-13-25-17-15-23(4-2)16-18-25/h4,10,13,23-26H,2-3,5-9,11-12,14-22H2,1H3/b13-10+. The van der Waals surface area contributed by atoms with Gasteiger partial charge in [0.2, 0.25) is 0 Å². The molecule has 2 aliphatic rings.